The molecule has 2 saturated carbocycles. The molecule has 0 aromatic rings. The highest BCUT2D eigenvalue weighted by Gasteiger charge is 2.69. The van der Waals surface area contributed by atoms with Crippen LogP contribution in [0.25, 0.3) is 0 Å². The van der Waals surface area contributed by atoms with Gasteiger partial charge in [0.05, 0.1) is 0 Å². The Kier molecular flexibility index (Phi) is 4.55. The van der Waals surface area contributed by atoms with Crippen molar-refractivity contribution in [3.63, 3.8) is 0 Å². The standard InChI is InChI=1S/C14H21Cl2NO3/c1-9-5-3-4-6-10(9)17-11(18)7-20-12(19)13(2)8-14(13,15)16/h9-10H,3-8H2,1-2H3,(H,17,18). The van der Waals surface area contributed by atoms with Crippen LogP contribution in [0.1, 0.15) is 46.0 Å². The lowest BCUT2D eigenvalue weighted by Crippen LogP contribution is -2.43. The van der Waals surface area contributed by atoms with Crippen molar-refractivity contribution < 1.29 is 14.3 Å². The fraction of sp³-hybridized carbons (Fsp3) is 0.857. The van der Waals surface area contributed by atoms with E-state index in [2.05, 4.69) is 12.2 Å². The van der Waals surface area contributed by atoms with Crippen molar-refractivity contribution >= 4 is 35.1 Å². The molecule has 20 heavy (non-hydrogen) atoms. The second kappa shape index (κ2) is 5.72. The Balaban J connectivity index is 1.74. The topological polar surface area (TPSA) is 55.4 Å². The largest absolute Gasteiger partial charge is 0.455 e. The predicted octanol–water partition coefficient (Wildman–Crippen LogP) is 2.81. The van der Waals surface area contributed by atoms with E-state index < -0.39 is 15.7 Å². The molecule has 2 aliphatic carbocycles. The van der Waals surface area contributed by atoms with Gasteiger partial charge in [0.15, 0.2) is 6.61 Å². The van der Waals surface area contributed by atoms with Crippen LogP contribution in [0.3, 0.4) is 0 Å². The van der Waals surface area contributed by atoms with Gasteiger partial charge >= 0.3 is 5.97 Å². The van der Waals surface area contributed by atoms with E-state index in [4.69, 9.17) is 27.9 Å². The Labute approximate surface area is 129 Å². The molecule has 4 nitrogen and oxygen atoms in total. The third-order valence-electron chi connectivity index (χ3n) is 4.50. The lowest BCUT2D eigenvalue weighted by molar-refractivity contribution is -0.153. The van der Waals surface area contributed by atoms with Crippen LogP contribution in [0, 0.1) is 11.3 Å². The van der Waals surface area contributed by atoms with E-state index in [0.717, 1.165) is 19.3 Å². The van der Waals surface area contributed by atoms with Gasteiger partial charge in [0.2, 0.25) is 0 Å². The first-order chi connectivity index (χ1) is 9.26. The highest BCUT2D eigenvalue weighted by Crippen LogP contribution is 2.64. The van der Waals surface area contributed by atoms with Gasteiger partial charge in [-0.05, 0) is 25.7 Å². The van der Waals surface area contributed by atoms with Gasteiger partial charge in [-0.3, -0.25) is 9.59 Å². The Morgan fingerprint density at radius 3 is 2.45 bits per heavy atom. The molecule has 3 unspecified atom stereocenters. The average Bonchev–Trinajstić information content (AvgIpc) is 2.90. The number of hydrogen-bond acceptors (Lipinski definition) is 3. The summed E-state index contributed by atoms with van der Waals surface area (Å²) >= 11 is 11.8. The van der Waals surface area contributed by atoms with Crippen molar-refractivity contribution in [1.82, 2.24) is 5.32 Å². The molecule has 6 heteroatoms. The highest BCUT2D eigenvalue weighted by molar-refractivity contribution is 6.53. The van der Waals surface area contributed by atoms with Crippen LogP contribution in [-0.2, 0) is 14.3 Å². The molecule has 114 valence electrons. The third-order valence-corrected chi connectivity index (χ3v) is 5.60. The molecular weight excluding hydrogens is 301 g/mol. The lowest BCUT2D eigenvalue weighted by Gasteiger charge is -2.29. The molecule has 0 heterocycles. The van der Waals surface area contributed by atoms with Crippen LogP contribution in [0.2, 0.25) is 0 Å². The van der Waals surface area contributed by atoms with Crippen LogP contribution in [0.15, 0.2) is 0 Å². The van der Waals surface area contributed by atoms with E-state index in [1.165, 1.54) is 6.42 Å². The molecule has 3 atom stereocenters. The molecule has 0 spiro atoms. The minimum absolute atomic E-state index is 0.187. The average molecular weight is 322 g/mol. The van der Waals surface area contributed by atoms with Crippen molar-refractivity contribution in [1.29, 1.82) is 0 Å². The first-order valence-electron chi connectivity index (χ1n) is 7.11. The lowest BCUT2D eigenvalue weighted by atomic mass is 9.86. The minimum Gasteiger partial charge on any atom is -0.455 e. The smallest absolute Gasteiger partial charge is 0.315 e. The van der Waals surface area contributed by atoms with Gasteiger partial charge in [-0.15, -0.1) is 23.2 Å². The van der Waals surface area contributed by atoms with Crippen molar-refractivity contribution in [3.05, 3.63) is 0 Å². The van der Waals surface area contributed by atoms with Crippen molar-refractivity contribution in [2.24, 2.45) is 11.3 Å². The zero-order valence-corrected chi connectivity index (χ0v) is 13.4. The summed E-state index contributed by atoms with van der Waals surface area (Å²) in [6, 6.07) is 0.187. The molecule has 0 bridgehead atoms. The van der Waals surface area contributed by atoms with Crippen LogP contribution < -0.4 is 5.32 Å². The molecule has 2 aliphatic rings. The van der Waals surface area contributed by atoms with Gasteiger partial charge in [0.1, 0.15) is 9.75 Å². The SMILES string of the molecule is CC1CCCCC1NC(=O)COC(=O)C1(C)CC1(Cl)Cl. The zero-order chi connectivity index (χ0) is 15.0. The van der Waals surface area contributed by atoms with E-state index in [1.54, 1.807) is 6.92 Å². The van der Waals surface area contributed by atoms with Gasteiger partial charge in [0.25, 0.3) is 5.91 Å². The summed E-state index contributed by atoms with van der Waals surface area (Å²) in [5.74, 6) is -0.284. The summed E-state index contributed by atoms with van der Waals surface area (Å²) in [6.07, 6.45) is 4.83. The number of amides is 1. The highest BCUT2D eigenvalue weighted by atomic mass is 35.5. The van der Waals surface area contributed by atoms with E-state index in [0.29, 0.717) is 12.3 Å². The Morgan fingerprint density at radius 1 is 1.30 bits per heavy atom. The number of alkyl halides is 2. The number of esters is 1. The van der Waals surface area contributed by atoms with E-state index >= 15 is 0 Å². The summed E-state index contributed by atoms with van der Waals surface area (Å²) < 4.78 is 3.97. The molecule has 2 fully saturated rings. The first-order valence-corrected chi connectivity index (χ1v) is 7.86. The summed E-state index contributed by atoms with van der Waals surface area (Å²) in [6.45, 7) is 3.52. The van der Waals surface area contributed by atoms with Crippen molar-refractivity contribution in [2.45, 2.75) is 56.3 Å². The minimum atomic E-state index is -1.06. The van der Waals surface area contributed by atoms with Gasteiger partial charge in [-0.2, -0.15) is 0 Å². The predicted molar refractivity (Wildman–Crippen MR) is 77.7 cm³/mol. The van der Waals surface area contributed by atoms with E-state index in [1.807, 2.05) is 0 Å². The number of hydrogen-bond donors (Lipinski definition) is 1. The van der Waals surface area contributed by atoms with E-state index in [-0.39, 0.29) is 18.6 Å². The maximum atomic E-state index is 11.8. The van der Waals surface area contributed by atoms with Crippen molar-refractivity contribution in [3.8, 4) is 0 Å². The maximum absolute atomic E-state index is 11.8. The van der Waals surface area contributed by atoms with Gasteiger partial charge in [0, 0.05) is 12.5 Å². The Morgan fingerprint density at radius 2 is 1.90 bits per heavy atom. The van der Waals surface area contributed by atoms with Gasteiger partial charge < -0.3 is 10.1 Å². The van der Waals surface area contributed by atoms with Crippen LogP contribution in [0.4, 0.5) is 0 Å². The monoisotopic (exact) mass is 321 g/mol. The first kappa shape index (κ1) is 15.9. The molecule has 1 amide bonds. The number of nitrogens with one attached hydrogen (secondary N) is 1. The summed E-state index contributed by atoms with van der Waals surface area (Å²) in [5, 5.41) is 2.93. The van der Waals surface area contributed by atoms with Crippen LogP contribution in [-0.4, -0.2) is 28.9 Å². The molecule has 0 aromatic carbocycles. The molecule has 0 saturated heterocycles. The molecular formula is C14H21Cl2NO3. The third kappa shape index (κ3) is 3.22. The molecule has 2 rings (SSSR count). The Bertz CT molecular complexity index is 413. The van der Waals surface area contributed by atoms with Crippen LogP contribution >= 0.6 is 23.2 Å². The second-order valence-corrected chi connectivity index (χ2v) is 7.71. The Hall–Kier alpha value is -0.480. The van der Waals surface area contributed by atoms with Gasteiger partial charge in [-0.1, -0.05) is 19.8 Å². The summed E-state index contributed by atoms with van der Waals surface area (Å²) in [4.78, 5) is 23.6. The molecule has 0 aromatic heterocycles. The zero-order valence-electron chi connectivity index (χ0n) is 11.9. The van der Waals surface area contributed by atoms with E-state index in [9.17, 15) is 9.59 Å². The number of rotatable bonds is 4. The molecule has 1 N–H and O–H groups in total. The molecule has 0 aliphatic heterocycles. The number of carbonyl (C=O) groups is 2. The normalized spacial score (nSPS) is 35.2. The van der Waals surface area contributed by atoms with Crippen LogP contribution in [0.5, 0.6) is 0 Å². The number of halogens is 2. The molecule has 0 radical (unpaired) electrons. The summed E-state index contributed by atoms with van der Waals surface area (Å²) in [5.41, 5.74) is -0.880. The summed E-state index contributed by atoms with van der Waals surface area (Å²) in [7, 11) is 0. The van der Waals surface area contributed by atoms with Gasteiger partial charge in [-0.25, -0.2) is 0 Å². The second-order valence-electron chi connectivity index (χ2n) is 6.23. The fourth-order valence-corrected chi connectivity index (χ4v) is 3.38. The maximum Gasteiger partial charge on any atom is 0.315 e. The number of carbonyl (C=O) groups excluding carboxylic acids is 2. The fourth-order valence-electron chi connectivity index (χ4n) is 2.69. The number of ether oxygens (including phenoxy) is 1. The van der Waals surface area contributed by atoms with Crippen molar-refractivity contribution in [2.75, 3.05) is 6.61 Å². The quantitative estimate of drug-likeness (QED) is 0.640.